The second-order valence-electron chi connectivity index (χ2n) is 7.85. The molecule has 6 heteroatoms. The van der Waals surface area contributed by atoms with Gasteiger partial charge in [0.15, 0.2) is 0 Å². The van der Waals surface area contributed by atoms with E-state index in [1.807, 2.05) is 57.2 Å². The molecule has 0 heterocycles. The van der Waals surface area contributed by atoms with Gasteiger partial charge in [-0.15, -0.1) is 0 Å². The summed E-state index contributed by atoms with van der Waals surface area (Å²) < 4.78 is 0. The van der Waals surface area contributed by atoms with Crippen LogP contribution in [0.15, 0.2) is 48.5 Å². The first-order valence-electron chi connectivity index (χ1n) is 10.4. The number of rotatable bonds is 10. The monoisotopic (exact) mass is 448 g/mol. The van der Waals surface area contributed by atoms with Gasteiger partial charge in [-0.05, 0) is 35.6 Å². The van der Waals surface area contributed by atoms with Crippen LogP contribution in [0.3, 0.4) is 0 Å². The Hall–Kier alpha value is -2.04. The first-order valence-corrected chi connectivity index (χ1v) is 11.1. The van der Waals surface area contributed by atoms with Crippen molar-refractivity contribution in [1.29, 1.82) is 0 Å². The van der Waals surface area contributed by atoms with E-state index in [-0.39, 0.29) is 18.4 Å². The predicted octanol–water partition coefficient (Wildman–Crippen LogP) is 5.51. The lowest BCUT2D eigenvalue weighted by atomic mass is 10.0. The Labute approximate surface area is 189 Å². The standard InChI is InChI=1S/C24H30Cl2N2O2/c1-4-8-23(29)28(16-19-11-12-20(25)14-21(19)26)22(24(30)27-15-17(2)3)13-18-9-6-5-7-10-18/h5-7,9-12,14,17,22H,4,8,13,15-16H2,1-3H3,(H,27,30)/t22-/m1/s1. The topological polar surface area (TPSA) is 49.4 Å². The summed E-state index contributed by atoms with van der Waals surface area (Å²) in [5, 5.41) is 4.02. The number of nitrogens with one attached hydrogen (secondary N) is 1. The van der Waals surface area contributed by atoms with Gasteiger partial charge >= 0.3 is 0 Å². The number of hydrogen-bond acceptors (Lipinski definition) is 2. The highest BCUT2D eigenvalue weighted by Gasteiger charge is 2.30. The molecule has 0 aromatic heterocycles. The predicted molar refractivity (Wildman–Crippen MR) is 124 cm³/mol. The summed E-state index contributed by atoms with van der Waals surface area (Å²) >= 11 is 12.4. The van der Waals surface area contributed by atoms with E-state index in [0.29, 0.717) is 41.8 Å². The Balaban J connectivity index is 2.38. The van der Waals surface area contributed by atoms with E-state index in [1.165, 1.54) is 0 Å². The van der Waals surface area contributed by atoms with E-state index in [9.17, 15) is 9.59 Å². The van der Waals surface area contributed by atoms with Gasteiger partial charge in [0.05, 0.1) is 0 Å². The van der Waals surface area contributed by atoms with Gasteiger partial charge in [-0.2, -0.15) is 0 Å². The van der Waals surface area contributed by atoms with Gasteiger partial charge in [-0.25, -0.2) is 0 Å². The number of hydrogen-bond donors (Lipinski definition) is 1. The number of carbonyl (C=O) groups is 2. The maximum absolute atomic E-state index is 13.2. The Bertz CT molecular complexity index is 840. The highest BCUT2D eigenvalue weighted by Crippen LogP contribution is 2.24. The van der Waals surface area contributed by atoms with Crippen LogP contribution >= 0.6 is 23.2 Å². The molecule has 30 heavy (non-hydrogen) atoms. The molecule has 0 bridgehead atoms. The van der Waals surface area contributed by atoms with Gasteiger partial charge in [0.1, 0.15) is 6.04 Å². The van der Waals surface area contributed by atoms with Gasteiger partial charge < -0.3 is 10.2 Å². The Morgan fingerprint density at radius 3 is 2.37 bits per heavy atom. The second kappa shape index (κ2) is 12.0. The van der Waals surface area contributed by atoms with Crippen molar-refractivity contribution >= 4 is 35.0 Å². The van der Waals surface area contributed by atoms with Gasteiger partial charge in [0.2, 0.25) is 11.8 Å². The van der Waals surface area contributed by atoms with E-state index < -0.39 is 6.04 Å². The second-order valence-corrected chi connectivity index (χ2v) is 8.70. The fourth-order valence-electron chi connectivity index (χ4n) is 3.17. The van der Waals surface area contributed by atoms with Crippen LogP contribution in [0.4, 0.5) is 0 Å². The van der Waals surface area contributed by atoms with E-state index in [4.69, 9.17) is 23.2 Å². The summed E-state index contributed by atoms with van der Waals surface area (Å²) in [6.45, 7) is 6.85. The smallest absolute Gasteiger partial charge is 0.243 e. The van der Waals surface area contributed by atoms with Crippen LogP contribution in [-0.4, -0.2) is 29.3 Å². The van der Waals surface area contributed by atoms with Crippen LogP contribution in [0.2, 0.25) is 10.0 Å². The molecule has 0 radical (unpaired) electrons. The highest BCUT2D eigenvalue weighted by atomic mass is 35.5. The average Bonchev–Trinajstić information content (AvgIpc) is 2.71. The van der Waals surface area contributed by atoms with Gasteiger partial charge in [-0.1, -0.05) is 80.4 Å². The van der Waals surface area contributed by atoms with Crippen LogP contribution in [-0.2, 0) is 22.6 Å². The molecule has 0 aliphatic carbocycles. The van der Waals surface area contributed by atoms with Crippen molar-refractivity contribution in [3.8, 4) is 0 Å². The molecule has 1 atom stereocenters. The molecule has 0 spiro atoms. The third-order valence-electron chi connectivity index (χ3n) is 4.78. The molecule has 0 fully saturated rings. The molecule has 0 aliphatic rings. The van der Waals surface area contributed by atoms with Crippen molar-refractivity contribution in [2.24, 2.45) is 5.92 Å². The lowest BCUT2D eigenvalue weighted by Gasteiger charge is -2.32. The molecule has 0 saturated heterocycles. The van der Waals surface area contributed by atoms with Crippen molar-refractivity contribution in [3.63, 3.8) is 0 Å². The summed E-state index contributed by atoms with van der Waals surface area (Å²) in [6.07, 6.45) is 1.51. The Morgan fingerprint density at radius 2 is 1.77 bits per heavy atom. The van der Waals surface area contributed by atoms with Crippen molar-refractivity contribution in [1.82, 2.24) is 10.2 Å². The van der Waals surface area contributed by atoms with Crippen molar-refractivity contribution in [3.05, 3.63) is 69.7 Å². The zero-order chi connectivity index (χ0) is 22.1. The van der Waals surface area contributed by atoms with Crippen LogP contribution in [0.1, 0.15) is 44.7 Å². The van der Waals surface area contributed by atoms with Crippen molar-refractivity contribution in [2.75, 3.05) is 6.54 Å². The fraction of sp³-hybridized carbons (Fsp3) is 0.417. The average molecular weight is 449 g/mol. The quantitative estimate of drug-likeness (QED) is 0.520. The van der Waals surface area contributed by atoms with E-state index in [0.717, 1.165) is 11.1 Å². The first kappa shape index (κ1) is 24.2. The first-order chi connectivity index (χ1) is 14.3. The fourth-order valence-corrected chi connectivity index (χ4v) is 3.64. The van der Waals surface area contributed by atoms with Gasteiger partial charge in [-0.3, -0.25) is 9.59 Å². The zero-order valence-electron chi connectivity index (χ0n) is 17.8. The van der Waals surface area contributed by atoms with E-state index in [1.54, 1.807) is 17.0 Å². The molecule has 1 N–H and O–H groups in total. The lowest BCUT2D eigenvalue weighted by Crippen LogP contribution is -2.51. The zero-order valence-corrected chi connectivity index (χ0v) is 19.3. The third-order valence-corrected chi connectivity index (χ3v) is 5.36. The van der Waals surface area contributed by atoms with Crippen LogP contribution in [0.5, 0.6) is 0 Å². The number of nitrogens with zero attached hydrogens (tertiary/aromatic N) is 1. The van der Waals surface area contributed by atoms with Crippen molar-refractivity contribution < 1.29 is 9.59 Å². The van der Waals surface area contributed by atoms with Crippen LogP contribution in [0, 0.1) is 5.92 Å². The molecular weight excluding hydrogens is 419 g/mol. The minimum atomic E-state index is -0.628. The highest BCUT2D eigenvalue weighted by molar-refractivity contribution is 6.35. The summed E-state index contributed by atoms with van der Waals surface area (Å²) in [5.74, 6) is 0.100. The molecule has 2 amide bonds. The maximum Gasteiger partial charge on any atom is 0.243 e. The molecule has 4 nitrogen and oxygen atoms in total. The number of amides is 2. The Kier molecular flexibility index (Phi) is 9.67. The normalized spacial score (nSPS) is 11.9. The molecule has 162 valence electrons. The Morgan fingerprint density at radius 1 is 1.07 bits per heavy atom. The molecule has 2 aromatic rings. The SMILES string of the molecule is CCCC(=O)N(Cc1ccc(Cl)cc1Cl)[C@H](Cc1ccccc1)C(=O)NCC(C)C. The molecule has 0 unspecified atom stereocenters. The third kappa shape index (κ3) is 7.33. The molecule has 0 saturated carbocycles. The lowest BCUT2D eigenvalue weighted by molar-refractivity contribution is -0.141. The minimum absolute atomic E-state index is 0.0656. The number of carbonyl (C=O) groups excluding carboxylic acids is 2. The summed E-state index contributed by atoms with van der Waals surface area (Å²) in [5.41, 5.74) is 1.76. The van der Waals surface area contributed by atoms with Gasteiger partial charge in [0, 0.05) is 36.0 Å². The van der Waals surface area contributed by atoms with Gasteiger partial charge in [0.25, 0.3) is 0 Å². The molecule has 2 aromatic carbocycles. The summed E-state index contributed by atoms with van der Waals surface area (Å²) in [6, 6.07) is 14.3. The maximum atomic E-state index is 13.2. The largest absolute Gasteiger partial charge is 0.354 e. The summed E-state index contributed by atoms with van der Waals surface area (Å²) in [4.78, 5) is 27.9. The molecule has 2 rings (SSSR count). The summed E-state index contributed by atoms with van der Waals surface area (Å²) in [7, 11) is 0. The van der Waals surface area contributed by atoms with Crippen molar-refractivity contribution in [2.45, 2.75) is 52.6 Å². The minimum Gasteiger partial charge on any atom is -0.354 e. The molecule has 0 aliphatic heterocycles. The number of benzene rings is 2. The van der Waals surface area contributed by atoms with E-state index >= 15 is 0 Å². The van der Waals surface area contributed by atoms with E-state index in [2.05, 4.69) is 5.32 Å². The van der Waals surface area contributed by atoms with Crippen LogP contribution < -0.4 is 5.32 Å². The molecular formula is C24H30Cl2N2O2. The number of halogens is 2. The van der Waals surface area contributed by atoms with Crippen LogP contribution in [0.25, 0.3) is 0 Å².